The molecule has 2 nitrogen and oxygen atoms in total. The van der Waals surface area contributed by atoms with Crippen LogP contribution in [0, 0.1) is 0 Å². The van der Waals surface area contributed by atoms with Crippen LogP contribution in [-0.2, 0) is 6.54 Å². The van der Waals surface area contributed by atoms with Crippen LogP contribution in [0.15, 0.2) is 66.7 Å². The summed E-state index contributed by atoms with van der Waals surface area (Å²) < 4.78 is 0. The fourth-order valence-electron chi connectivity index (χ4n) is 3.70. The minimum Gasteiger partial charge on any atom is -0.381 e. The Morgan fingerprint density at radius 3 is 2.44 bits per heavy atom. The lowest BCUT2D eigenvalue weighted by atomic mass is 10.0. The molecule has 3 heteroatoms. The maximum absolute atomic E-state index is 6.26. The topological polar surface area (TPSA) is 15.3 Å². The number of rotatable bonds is 4. The molecule has 1 N–H and O–H groups in total. The van der Waals surface area contributed by atoms with Gasteiger partial charge in [-0.3, -0.25) is 4.90 Å². The molecular formula is C22H23ClN2. The highest BCUT2D eigenvalue weighted by Gasteiger charge is 2.20. The lowest BCUT2D eigenvalue weighted by Gasteiger charge is -2.33. The summed E-state index contributed by atoms with van der Waals surface area (Å²) in [4.78, 5) is 2.56. The highest BCUT2D eigenvalue weighted by atomic mass is 35.5. The van der Waals surface area contributed by atoms with E-state index in [0.717, 1.165) is 43.2 Å². The lowest BCUT2D eigenvalue weighted by Crippen LogP contribution is -2.38. The van der Waals surface area contributed by atoms with Gasteiger partial charge in [-0.05, 0) is 41.3 Å². The van der Waals surface area contributed by atoms with Gasteiger partial charge in [0.15, 0.2) is 0 Å². The van der Waals surface area contributed by atoms with Crippen LogP contribution in [0.5, 0.6) is 0 Å². The first-order chi connectivity index (χ1) is 12.3. The van der Waals surface area contributed by atoms with E-state index in [1.165, 1.54) is 16.3 Å². The minimum absolute atomic E-state index is 0.503. The van der Waals surface area contributed by atoms with E-state index in [-0.39, 0.29) is 0 Å². The standard InChI is InChI=1S/C22H23ClN2/c23-21-10-3-4-11-22(21)24-19-12-14-25(15-13-19)16-18-8-5-7-17-6-1-2-9-20(17)18/h1-11,19,24H,12-16H2. The van der Waals surface area contributed by atoms with E-state index in [1.807, 2.05) is 18.2 Å². The van der Waals surface area contributed by atoms with Gasteiger partial charge in [0.25, 0.3) is 0 Å². The summed E-state index contributed by atoms with van der Waals surface area (Å²) in [5.41, 5.74) is 2.48. The molecular weight excluding hydrogens is 328 g/mol. The van der Waals surface area contributed by atoms with Crippen molar-refractivity contribution in [3.8, 4) is 0 Å². The number of halogens is 1. The van der Waals surface area contributed by atoms with E-state index >= 15 is 0 Å². The summed E-state index contributed by atoms with van der Waals surface area (Å²) in [6.07, 6.45) is 2.30. The Hall–Kier alpha value is -2.03. The molecule has 0 unspecified atom stereocenters. The van der Waals surface area contributed by atoms with E-state index in [0.29, 0.717) is 6.04 Å². The van der Waals surface area contributed by atoms with Crippen molar-refractivity contribution in [2.45, 2.75) is 25.4 Å². The van der Waals surface area contributed by atoms with Crippen LogP contribution < -0.4 is 5.32 Å². The van der Waals surface area contributed by atoms with Crippen molar-refractivity contribution < 1.29 is 0 Å². The monoisotopic (exact) mass is 350 g/mol. The second-order valence-corrected chi connectivity index (χ2v) is 7.22. The first kappa shape index (κ1) is 16.4. The zero-order chi connectivity index (χ0) is 17.1. The van der Waals surface area contributed by atoms with Crippen molar-refractivity contribution in [1.82, 2.24) is 4.90 Å². The minimum atomic E-state index is 0.503. The fourth-order valence-corrected chi connectivity index (χ4v) is 3.90. The van der Waals surface area contributed by atoms with Crippen molar-refractivity contribution in [3.63, 3.8) is 0 Å². The molecule has 1 aliphatic heterocycles. The van der Waals surface area contributed by atoms with Gasteiger partial charge < -0.3 is 5.32 Å². The third kappa shape index (κ3) is 3.81. The van der Waals surface area contributed by atoms with Gasteiger partial charge >= 0.3 is 0 Å². The highest BCUT2D eigenvalue weighted by Crippen LogP contribution is 2.25. The number of para-hydroxylation sites is 1. The molecule has 3 aromatic rings. The van der Waals surface area contributed by atoms with Gasteiger partial charge in [-0.2, -0.15) is 0 Å². The summed E-state index contributed by atoms with van der Waals surface area (Å²) in [6, 6.07) is 23.8. The molecule has 25 heavy (non-hydrogen) atoms. The molecule has 0 amide bonds. The smallest absolute Gasteiger partial charge is 0.0637 e. The second kappa shape index (κ2) is 7.47. The summed E-state index contributed by atoms with van der Waals surface area (Å²) in [5, 5.41) is 7.12. The van der Waals surface area contributed by atoms with Crippen LogP contribution in [-0.4, -0.2) is 24.0 Å². The Kier molecular flexibility index (Phi) is 4.91. The first-order valence-electron chi connectivity index (χ1n) is 9.00. The van der Waals surface area contributed by atoms with Crippen LogP contribution in [0.2, 0.25) is 5.02 Å². The van der Waals surface area contributed by atoms with E-state index in [9.17, 15) is 0 Å². The number of nitrogens with one attached hydrogen (secondary N) is 1. The average molecular weight is 351 g/mol. The van der Waals surface area contributed by atoms with Crippen molar-refractivity contribution in [2.24, 2.45) is 0 Å². The Morgan fingerprint density at radius 2 is 1.60 bits per heavy atom. The number of benzene rings is 3. The quantitative estimate of drug-likeness (QED) is 0.661. The van der Waals surface area contributed by atoms with E-state index in [4.69, 9.17) is 11.6 Å². The molecule has 4 rings (SSSR count). The third-order valence-corrected chi connectivity index (χ3v) is 5.42. The van der Waals surface area contributed by atoms with Gasteiger partial charge in [0.2, 0.25) is 0 Å². The Balaban J connectivity index is 1.38. The maximum Gasteiger partial charge on any atom is 0.0637 e. The largest absolute Gasteiger partial charge is 0.381 e. The van der Waals surface area contributed by atoms with Crippen molar-refractivity contribution in [2.75, 3.05) is 18.4 Å². The third-order valence-electron chi connectivity index (χ3n) is 5.09. The average Bonchev–Trinajstić information content (AvgIpc) is 2.65. The molecule has 0 saturated carbocycles. The van der Waals surface area contributed by atoms with Crippen LogP contribution in [0.4, 0.5) is 5.69 Å². The van der Waals surface area contributed by atoms with Gasteiger partial charge in [-0.25, -0.2) is 0 Å². The highest BCUT2D eigenvalue weighted by molar-refractivity contribution is 6.33. The van der Waals surface area contributed by atoms with Gasteiger partial charge in [-0.1, -0.05) is 66.2 Å². The van der Waals surface area contributed by atoms with Crippen LogP contribution >= 0.6 is 11.6 Å². The molecule has 1 fully saturated rings. The molecule has 1 saturated heterocycles. The fraction of sp³-hybridized carbons (Fsp3) is 0.273. The molecule has 1 heterocycles. The summed E-state index contributed by atoms with van der Waals surface area (Å²) in [7, 11) is 0. The van der Waals surface area contributed by atoms with Gasteiger partial charge in [-0.15, -0.1) is 0 Å². The SMILES string of the molecule is Clc1ccccc1NC1CCN(Cc2cccc3ccccc23)CC1. The number of piperidine rings is 1. The maximum atomic E-state index is 6.26. The summed E-state index contributed by atoms with van der Waals surface area (Å²) in [6.45, 7) is 3.26. The second-order valence-electron chi connectivity index (χ2n) is 6.81. The number of nitrogens with zero attached hydrogens (tertiary/aromatic N) is 1. The van der Waals surface area contributed by atoms with E-state index in [1.54, 1.807) is 0 Å². The molecule has 3 aromatic carbocycles. The normalized spacial score (nSPS) is 16.2. The number of fused-ring (bicyclic) bond motifs is 1. The zero-order valence-electron chi connectivity index (χ0n) is 14.3. The Morgan fingerprint density at radius 1 is 0.880 bits per heavy atom. The molecule has 1 aliphatic rings. The van der Waals surface area contributed by atoms with Crippen molar-refractivity contribution in [1.29, 1.82) is 0 Å². The molecule has 128 valence electrons. The molecule has 0 atom stereocenters. The Bertz CT molecular complexity index is 848. The van der Waals surface area contributed by atoms with E-state index in [2.05, 4.69) is 58.7 Å². The predicted molar refractivity (Wildman–Crippen MR) is 107 cm³/mol. The van der Waals surface area contributed by atoms with Crippen molar-refractivity contribution in [3.05, 3.63) is 77.3 Å². The number of hydrogen-bond acceptors (Lipinski definition) is 2. The predicted octanol–water partition coefficient (Wildman–Crippen LogP) is 5.57. The van der Waals surface area contributed by atoms with Gasteiger partial charge in [0.1, 0.15) is 0 Å². The van der Waals surface area contributed by atoms with Crippen LogP contribution in [0.3, 0.4) is 0 Å². The zero-order valence-corrected chi connectivity index (χ0v) is 15.0. The molecule has 0 aromatic heterocycles. The summed E-state index contributed by atoms with van der Waals surface area (Å²) >= 11 is 6.26. The molecule has 0 radical (unpaired) electrons. The number of hydrogen-bond donors (Lipinski definition) is 1. The van der Waals surface area contributed by atoms with Crippen molar-refractivity contribution >= 4 is 28.1 Å². The van der Waals surface area contributed by atoms with Gasteiger partial charge in [0.05, 0.1) is 10.7 Å². The number of likely N-dealkylation sites (tertiary alicyclic amines) is 1. The molecule has 0 spiro atoms. The Labute approximate surface area is 154 Å². The van der Waals surface area contributed by atoms with E-state index < -0.39 is 0 Å². The van der Waals surface area contributed by atoms with Crippen LogP contribution in [0.1, 0.15) is 18.4 Å². The molecule has 0 aliphatic carbocycles. The lowest BCUT2D eigenvalue weighted by molar-refractivity contribution is 0.212. The van der Waals surface area contributed by atoms with Crippen LogP contribution in [0.25, 0.3) is 10.8 Å². The number of anilines is 1. The first-order valence-corrected chi connectivity index (χ1v) is 9.37. The molecule has 0 bridgehead atoms. The van der Waals surface area contributed by atoms with Gasteiger partial charge in [0, 0.05) is 25.7 Å². The summed E-state index contributed by atoms with van der Waals surface area (Å²) in [5.74, 6) is 0.